The molecule has 6 heteroatoms. The zero-order valence-electron chi connectivity index (χ0n) is 13.0. The van der Waals surface area contributed by atoms with Gasteiger partial charge in [0, 0.05) is 11.1 Å². The fourth-order valence-corrected chi connectivity index (χ4v) is 2.44. The number of hydrogen-bond donors (Lipinski definition) is 0. The zero-order valence-corrected chi connectivity index (χ0v) is 13.0. The number of fused-ring (bicyclic) bond motifs is 1. The minimum absolute atomic E-state index is 0.0167. The maximum atomic E-state index is 11.5. The van der Waals surface area contributed by atoms with Crippen molar-refractivity contribution in [3.05, 3.63) is 41.6 Å². The number of methoxy groups -OCH3 is 1. The number of nitrogens with zero attached hydrogens (tertiary/aromatic N) is 2. The Labute approximate surface area is 132 Å². The average molecular weight is 311 g/mol. The number of hydrogen-bond acceptors (Lipinski definition) is 6. The maximum absolute atomic E-state index is 11.5. The lowest BCUT2D eigenvalue weighted by Crippen LogP contribution is -2.23. The number of carboxylic acid groups (broad SMARTS) is 1. The molecule has 1 aromatic carbocycles. The number of pyridine rings is 1. The Balaban J connectivity index is 2.21. The van der Waals surface area contributed by atoms with Crippen molar-refractivity contribution in [1.29, 1.82) is 0 Å². The van der Waals surface area contributed by atoms with E-state index in [1.165, 1.54) is 6.07 Å². The monoisotopic (exact) mass is 311 g/mol. The molecular weight excluding hydrogens is 296 g/mol. The second-order valence-electron chi connectivity index (χ2n) is 5.47. The lowest BCUT2D eigenvalue weighted by atomic mass is 10.0. The molecule has 2 aromatic heterocycles. The number of aromatic carboxylic acids is 1. The summed E-state index contributed by atoms with van der Waals surface area (Å²) in [5.74, 6) is -0.558. The Hall–Kier alpha value is -2.89. The van der Waals surface area contributed by atoms with Gasteiger partial charge in [0.25, 0.3) is 5.71 Å². The number of carboxylic acids is 1. The quantitative estimate of drug-likeness (QED) is 0.735. The van der Waals surface area contributed by atoms with Crippen LogP contribution in [-0.2, 0) is 0 Å². The summed E-state index contributed by atoms with van der Waals surface area (Å²) in [5, 5.41) is 15.9. The molecule has 0 N–H and O–H groups in total. The van der Waals surface area contributed by atoms with Crippen molar-refractivity contribution in [1.82, 2.24) is 10.1 Å². The predicted octanol–water partition coefficient (Wildman–Crippen LogP) is 2.39. The van der Waals surface area contributed by atoms with Crippen LogP contribution in [0.15, 0.2) is 34.9 Å². The van der Waals surface area contributed by atoms with Crippen LogP contribution >= 0.6 is 0 Å². The van der Waals surface area contributed by atoms with Crippen LogP contribution < -0.4 is 9.84 Å². The standard InChI is InChI=1S/C17H16N2O4/c1-9(2)15-14-12(17(20)21)8-13(18-16(14)23-19-15)10-4-6-11(22-3)7-5-10/h4-9H,1-3H3,(H,20,21)/p-1. The molecule has 2 heterocycles. The molecule has 0 aliphatic carbocycles. The van der Waals surface area contributed by atoms with Gasteiger partial charge in [0.2, 0.25) is 0 Å². The van der Waals surface area contributed by atoms with E-state index in [-0.39, 0.29) is 17.2 Å². The third-order valence-electron chi connectivity index (χ3n) is 3.63. The topological polar surface area (TPSA) is 88.3 Å². The third-order valence-corrected chi connectivity index (χ3v) is 3.63. The number of aromatic nitrogens is 2. The fourth-order valence-electron chi connectivity index (χ4n) is 2.44. The number of carbonyl (C=O) groups excluding carboxylic acids is 1. The van der Waals surface area contributed by atoms with E-state index in [9.17, 15) is 9.90 Å². The second-order valence-corrected chi connectivity index (χ2v) is 5.47. The van der Waals surface area contributed by atoms with Crippen LogP contribution in [0, 0.1) is 0 Å². The van der Waals surface area contributed by atoms with E-state index in [4.69, 9.17) is 9.26 Å². The van der Waals surface area contributed by atoms with Crippen LogP contribution in [0.4, 0.5) is 0 Å². The van der Waals surface area contributed by atoms with Gasteiger partial charge in [-0.2, -0.15) is 0 Å². The van der Waals surface area contributed by atoms with Crippen molar-refractivity contribution in [3.8, 4) is 17.0 Å². The van der Waals surface area contributed by atoms with E-state index in [1.807, 2.05) is 13.8 Å². The van der Waals surface area contributed by atoms with Gasteiger partial charge >= 0.3 is 0 Å². The molecule has 0 fully saturated rings. The first-order valence-corrected chi connectivity index (χ1v) is 7.17. The van der Waals surface area contributed by atoms with E-state index < -0.39 is 5.97 Å². The van der Waals surface area contributed by atoms with Gasteiger partial charge in [0.1, 0.15) is 5.75 Å². The summed E-state index contributed by atoms with van der Waals surface area (Å²) in [4.78, 5) is 15.9. The number of rotatable bonds is 4. The molecule has 3 aromatic rings. The summed E-state index contributed by atoms with van der Waals surface area (Å²) in [5.41, 5.74) is 2.02. The molecule has 0 bridgehead atoms. The van der Waals surface area contributed by atoms with E-state index in [0.29, 0.717) is 22.5 Å². The smallest absolute Gasteiger partial charge is 0.259 e. The van der Waals surface area contributed by atoms with E-state index >= 15 is 0 Å². The van der Waals surface area contributed by atoms with Crippen LogP contribution in [0.3, 0.4) is 0 Å². The van der Waals surface area contributed by atoms with Crippen LogP contribution in [0.2, 0.25) is 0 Å². The van der Waals surface area contributed by atoms with Gasteiger partial charge in [-0.1, -0.05) is 19.0 Å². The lowest BCUT2D eigenvalue weighted by Gasteiger charge is -2.09. The molecule has 6 nitrogen and oxygen atoms in total. The van der Waals surface area contributed by atoms with E-state index in [1.54, 1.807) is 31.4 Å². The molecule has 118 valence electrons. The van der Waals surface area contributed by atoms with Gasteiger partial charge in [-0.25, -0.2) is 4.98 Å². The van der Waals surface area contributed by atoms with Crippen molar-refractivity contribution < 1.29 is 19.2 Å². The molecule has 0 saturated carbocycles. The molecule has 0 amide bonds. The van der Waals surface area contributed by atoms with Gasteiger partial charge in [-0.15, -0.1) is 0 Å². The van der Waals surface area contributed by atoms with Gasteiger partial charge in [0.15, 0.2) is 0 Å². The Morgan fingerprint density at radius 2 is 1.96 bits per heavy atom. The molecule has 3 rings (SSSR count). The SMILES string of the molecule is COc1ccc(-c2cc(C(=O)[O-])c3c(C(C)C)noc3n2)cc1. The highest BCUT2D eigenvalue weighted by Crippen LogP contribution is 2.30. The van der Waals surface area contributed by atoms with Gasteiger partial charge in [-0.05, 0) is 36.2 Å². The van der Waals surface area contributed by atoms with Crippen molar-refractivity contribution >= 4 is 17.1 Å². The largest absolute Gasteiger partial charge is 0.545 e. The molecule has 0 unspecified atom stereocenters. The molecular formula is C17H15N2O4-. The Morgan fingerprint density at radius 1 is 1.26 bits per heavy atom. The van der Waals surface area contributed by atoms with Crippen LogP contribution in [0.1, 0.15) is 35.8 Å². The van der Waals surface area contributed by atoms with Crippen molar-refractivity contribution in [2.24, 2.45) is 0 Å². The highest BCUT2D eigenvalue weighted by atomic mass is 16.5. The summed E-state index contributed by atoms with van der Waals surface area (Å²) < 4.78 is 10.3. The Morgan fingerprint density at radius 3 is 2.52 bits per heavy atom. The molecule has 0 atom stereocenters. The first kappa shape index (κ1) is 15.0. The van der Waals surface area contributed by atoms with Crippen molar-refractivity contribution in [2.75, 3.05) is 7.11 Å². The molecule has 0 aliphatic rings. The maximum Gasteiger partial charge on any atom is 0.259 e. The lowest BCUT2D eigenvalue weighted by molar-refractivity contribution is -0.254. The number of carbonyl (C=O) groups is 1. The van der Waals surface area contributed by atoms with Gasteiger partial charge < -0.3 is 19.2 Å². The highest BCUT2D eigenvalue weighted by molar-refractivity contribution is 6.02. The summed E-state index contributed by atoms with van der Waals surface area (Å²) in [6.45, 7) is 3.82. The highest BCUT2D eigenvalue weighted by Gasteiger charge is 2.19. The summed E-state index contributed by atoms with van der Waals surface area (Å²) in [7, 11) is 1.58. The van der Waals surface area contributed by atoms with Gasteiger partial charge in [0.05, 0.1) is 29.9 Å². The molecule has 0 aliphatic heterocycles. The minimum atomic E-state index is -1.28. The van der Waals surface area contributed by atoms with E-state index in [2.05, 4.69) is 10.1 Å². The normalized spacial score (nSPS) is 11.1. The zero-order chi connectivity index (χ0) is 16.6. The Bertz CT molecular complexity index is 866. The van der Waals surface area contributed by atoms with Gasteiger partial charge in [-0.3, -0.25) is 0 Å². The molecule has 0 spiro atoms. The summed E-state index contributed by atoms with van der Waals surface area (Å²) in [6, 6.07) is 8.64. The summed E-state index contributed by atoms with van der Waals surface area (Å²) >= 11 is 0. The molecule has 23 heavy (non-hydrogen) atoms. The first-order chi connectivity index (χ1) is 11.0. The number of ether oxygens (including phenoxy) is 1. The average Bonchev–Trinajstić information content (AvgIpc) is 2.98. The molecule has 0 radical (unpaired) electrons. The van der Waals surface area contributed by atoms with Crippen LogP contribution in [0.5, 0.6) is 5.75 Å². The van der Waals surface area contributed by atoms with Crippen LogP contribution in [-0.4, -0.2) is 23.2 Å². The van der Waals surface area contributed by atoms with Crippen molar-refractivity contribution in [3.63, 3.8) is 0 Å². The van der Waals surface area contributed by atoms with Crippen molar-refractivity contribution in [2.45, 2.75) is 19.8 Å². The predicted molar refractivity (Wildman–Crippen MR) is 82.2 cm³/mol. The third kappa shape index (κ3) is 2.63. The molecule has 0 saturated heterocycles. The van der Waals surface area contributed by atoms with Crippen LogP contribution in [0.25, 0.3) is 22.4 Å². The fraction of sp³-hybridized carbons (Fsp3) is 0.235. The minimum Gasteiger partial charge on any atom is -0.545 e. The number of benzene rings is 1. The summed E-state index contributed by atoms with van der Waals surface area (Å²) in [6.07, 6.45) is 0. The van der Waals surface area contributed by atoms with E-state index in [0.717, 1.165) is 5.56 Å². The second kappa shape index (κ2) is 5.72. The Kier molecular flexibility index (Phi) is 3.73. The first-order valence-electron chi connectivity index (χ1n) is 7.17.